The largest absolute Gasteiger partial charge is 0.381 e. The number of methoxy groups -OCH3 is 1. The highest BCUT2D eigenvalue weighted by molar-refractivity contribution is 5.18. The van der Waals surface area contributed by atoms with Crippen LogP contribution in [0.25, 0.3) is 0 Å². The van der Waals surface area contributed by atoms with Crippen LogP contribution in [0.15, 0.2) is 18.2 Å². The molecule has 4 heteroatoms. The highest BCUT2D eigenvalue weighted by Crippen LogP contribution is 2.23. The van der Waals surface area contributed by atoms with Crippen molar-refractivity contribution in [1.29, 1.82) is 0 Å². The van der Waals surface area contributed by atoms with Crippen LogP contribution in [0.1, 0.15) is 18.4 Å². The van der Waals surface area contributed by atoms with Crippen molar-refractivity contribution in [2.75, 3.05) is 7.11 Å². The molecule has 0 aliphatic heterocycles. The van der Waals surface area contributed by atoms with E-state index in [4.69, 9.17) is 4.74 Å². The maximum absolute atomic E-state index is 13.3. The molecule has 88 valence electrons. The van der Waals surface area contributed by atoms with Gasteiger partial charge in [-0.25, -0.2) is 8.78 Å². The van der Waals surface area contributed by atoms with Gasteiger partial charge < -0.3 is 10.1 Å². The van der Waals surface area contributed by atoms with E-state index < -0.39 is 5.82 Å². The Kier molecular flexibility index (Phi) is 3.51. The Morgan fingerprint density at radius 3 is 2.81 bits per heavy atom. The molecule has 1 aromatic carbocycles. The van der Waals surface area contributed by atoms with E-state index in [9.17, 15) is 8.78 Å². The van der Waals surface area contributed by atoms with Gasteiger partial charge in [-0.1, -0.05) is 0 Å². The minimum absolute atomic E-state index is 0.315. The lowest BCUT2D eigenvalue weighted by Crippen LogP contribution is -2.44. The minimum atomic E-state index is -0.401. The number of halogens is 2. The summed E-state index contributed by atoms with van der Waals surface area (Å²) in [5, 5.41) is 3.18. The van der Waals surface area contributed by atoms with E-state index >= 15 is 0 Å². The Morgan fingerprint density at radius 1 is 1.38 bits per heavy atom. The lowest BCUT2D eigenvalue weighted by molar-refractivity contribution is 0.0169. The zero-order valence-electron chi connectivity index (χ0n) is 9.17. The summed E-state index contributed by atoms with van der Waals surface area (Å²) in [5.74, 6) is -0.766. The van der Waals surface area contributed by atoms with Crippen molar-refractivity contribution in [3.63, 3.8) is 0 Å². The quantitative estimate of drug-likeness (QED) is 0.851. The molecule has 1 N–H and O–H groups in total. The second kappa shape index (κ2) is 4.89. The molecule has 0 bridgehead atoms. The summed E-state index contributed by atoms with van der Waals surface area (Å²) in [6.07, 6.45) is 2.19. The Labute approximate surface area is 93.6 Å². The van der Waals surface area contributed by atoms with Gasteiger partial charge in [0.2, 0.25) is 0 Å². The van der Waals surface area contributed by atoms with Crippen molar-refractivity contribution in [2.24, 2.45) is 0 Å². The molecule has 0 atom stereocenters. The van der Waals surface area contributed by atoms with E-state index in [1.54, 1.807) is 7.11 Å². The third-order valence-electron chi connectivity index (χ3n) is 3.02. The molecule has 1 aliphatic carbocycles. The van der Waals surface area contributed by atoms with Gasteiger partial charge in [0.05, 0.1) is 6.10 Å². The first-order valence-corrected chi connectivity index (χ1v) is 5.39. The van der Waals surface area contributed by atoms with Crippen LogP contribution >= 0.6 is 0 Å². The number of benzene rings is 1. The number of hydrogen-bond donors (Lipinski definition) is 1. The molecule has 2 rings (SSSR count). The van der Waals surface area contributed by atoms with E-state index in [0.29, 0.717) is 24.3 Å². The molecule has 0 radical (unpaired) electrons. The van der Waals surface area contributed by atoms with Crippen LogP contribution in [-0.4, -0.2) is 19.3 Å². The van der Waals surface area contributed by atoms with Crippen LogP contribution in [0.3, 0.4) is 0 Å². The van der Waals surface area contributed by atoms with Gasteiger partial charge in [0.1, 0.15) is 11.6 Å². The first-order chi connectivity index (χ1) is 7.69. The third-order valence-corrected chi connectivity index (χ3v) is 3.02. The zero-order chi connectivity index (χ0) is 11.5. The Hall–Kier alpha value is -1.00. The molecule has 16 heavy (non-hydrogen) atoms. The molecule has 1 aromatic rings. The predicted octanol–water partition coefficient (Wildman–Crippen LogP) is 2.23. The van der Waals surface area contributed by atoms with E-state index in [-0.39, 0.29) is 5.82 Å². The number of nitrogens with one attached hydrogen (secondary N) is 1. The van der Waals surface area contributed by atoms with Crippen LogP contribution < -0.4 is 5.32 Å². The summed E-state index contributed by atoms with van der Waals surface area (Å²) in [7, 11) is 1.69. The first kappa shape index (κ1) is 11.5. The predicted molar refractivity (Wildman–Crippen MR) is 57.0 cm³/mol. The van der Waals surface area contributed by atoms with Crippen LogP contribution in [0, 0.1) is 11.6 Å². The molecule has 0 saturated heterocycles. The second-order valence-corrected chi connectivity index (χ2v) is 4.14. The average Bonchev–Trinajstić information content (AvgIpc) is 2.21. The fourth-order valence-electron chi connectivity index (χ4n) is 1.86. The van der Waals surface area contributed by atoms with Gasteiger partial charge in [-0.2, -0.15) is 0 Å². The zero-order valence-corrected chi connectivity index (χ0v) is 9.17. The normalized spacial score (nSPS) is 24.2. The summed E-state index contributed by atoms with van der Waals surface area (Å²) in [6.45, 7) is 0.366. The third kappa shape index (κ3) is 2.57. The molecular weight excluding hydrogens is 212 g/mol. The molecule has 1 saturated carbocycles. The van der Waals surface area contributed by atoms with Crippen molar-refractivity contribution in [3.8, 4) is 0 Å². The number of rotatable bonds is 4. The molecule has 0 aromatic heterocycles. The average molecular weight is 227 g/mol. The van der Waals surface area contributed by atoms with Crippen molar-refractivity contribution in [1.82, 2.24) is 5.32 Å². The second-order valence-electron chi connectivity index (χ2n) is 4.14. The van der Waals surface area contributed by atoms with Gasteiger partial charge in [0.25, 0.3) is 0 Å². The summed E-state index contributed by atoms with van der Waals surface area (Å²) in [6, 6.07) is 3.87. The minimum Gasteiger partial charge on any atom is -0.381 e. The van der Waals surface area contributed by atoms with Crippen molar-refractivity contribution in [3.05, 3.63) is 35.4 Å². The van der Waals surface area contributed by atoms with Crippen LogP contribution in [0.5, 0.6) is 0 Å². The number of hydrogen-bond acceptors (Lipinski definition) is 2. The topological polar surface area (TPSA) is 21.3 Å². The van der Waals surface area contributed by atoms with Gasteiger partial charge in [-0.3, -0.25) is 0 Å². The molecule has 1 fully saturated rings. The molecule has 0 unspecified atom stereocenters. The highest BCUT2D eigenvalue weighted by Gasteiger charge is 2.28. The van der Waals surface area contributed by atoms with Gasteiger partial charge in [-0.05, 0) is 31.0 Å². The molecule has 1 aliphatic rings. The lowest BCUT2D eigenvalue weighted by atomic mass is 9.89. The van der Waals surface area contributed by atoms with Gasteiger partial charge in [-0.15, -0.1) is 0 Å². The first-order valence-electron chi connectivity index (χ1n) is 5.39. The maximum Gasteiger partial charge on any atom is 0.127 e. The van der Waals surface area contributed by atoms with E-state index in [1.807, 2.05) is 0 Å². The van der Waals surface area contributed by atoms with Crippen LogP contribution in [0.4, 0.5) is 8.78 Å². The fraction of sp³-hybridized carbons (Fsp3) is 0.500. The molecule has 0 heterocycles. The van der Waals surface area contributed by atoms with Gasteiger partial charge >= 0.3 is 0 Å². The van der Waals surface area contributed by atoms with Crippen molar-refractivity contribution < 1.29 is 13.5 Å². The van der Waals surface area contributed by atoms with Crippen LogP contribution in [-0.2, 0) is 11.3 Å². The van der Waals surface area contributed by atoms with Crippen LogP contribution in [0.2, 0.25) is 0 Å². The summed E-state index contributed by atoms with van der Waals surface area (Å²) >= 11 is 0. The van der Waals surface area contributed by atoms with E-state index in [1.165, 1.54) is 6.07 Å². The standard InChI is InChI=1S/C12H15F2NO/c1-16-11-5-10(6-11)15-7-8-4-9(13)2-3-12(8)14/h2-4,10-11,15H,5-7H2,1H3. The van der Waals surface area contributed by atoms with Gasteiger partial charge in [0, 0.05) is 25.3 Å². The summed E-state index contributed by atoms with van der Waals surface area (Å²) < 4.78 is 31.3. The summed E-state index contributed by atoms with van der Waals surface area (Å²) in [5.41, 5.74) is 0.376. The summed E-state index contributed by atoms with van der Waals surface area (Å²) in [4.78, 5) is 0. The molecule has 0 spiro atoms. The fourth-order valence-corrected chi connectivity index (χ4v) is 1.86. The van der Waals surface area contributed by atoms with E-state index in [2.05, 4.69) is 5.32 Å². The number of ether oxygens (including phenoxy) is 1. The Balaban J connectivity index is 1.83. The maximum atomic E-state index is 13.3. The smallest absolute Gasteiger partial charge is 0.127 e. The highest BCUT2D eigenvalue weighted by atomic mass is 19.1. The molecule has 0 amide bonds. The SMILES string of the molecule is COC1CC(NCc2cc(F)ccc2F)C1. The van der Waals surface area contributed by atoms with Crippen molar-refractivity contribution >= 4 is 0 Å². The van der Waals surface area contributed by atoms with Crippen molar-refractivity contribution in [2.45, 2.75) is 31.5 Å². The van der Waals surface area contributed by atoms with E-state index in [0.717, 1.165) is 25.0 Å². The lowest BCUT2D eigenvalue weighted by Gasteiger charge is -2.34. The Bertz CT molecular complexity index is 364. The molecular formula is C12H15F2NO. The Morgan fingerprint density at radius 2 is 2.12 bits per heavy atom. The monoisotopic (exact) mass is 227 g/mol. The molecule has 2 nitrogen and oxygen atoms in total. The van der Waals surface area contributed by atoms with Gasteiger partial charge in [0.15, 0.2) is 0 Å².